The van der Waals surface area contributed by atoms with Crippen molar-refractivity contribution in [1.29, 1.82) is 0 Å². The van der Waals surface area contributed by atoms with Crippen LogP contribution in [0.25, 0.3) is 5.65 Å². The van der Waals surface area contributed by atoms with Crippen molar-refractivity contribution in [3.8, 4) is 0 Å². The zero-order chi connectivity index (χ0) is 13.2. The number of nitrogens with zero attached hydrogens (tertiary/aromatic N) is 3. The minimum atomic E-state index is -0.244. The molecule has 0 spiro atoms. The molecule has 3 rings (SSSR count). The van der Waals surface area contributed by atoms with E-state index in [2.05, 4.69) is 31.3 Å². The first-order chi connectivity index (χ1) is 9.20. The maximum Gasteiger partial charge on any atom is 0.243 e. The van der Waals surface area contributed by atoms with E-state index in [0.29, 0.717) is 12.5 Å². The summed E-state index contributed by atoms with van der Waals surface area (Å²) in [5.41, 5.74) is 1.60. The van der Waals surface area contributed by atoms with Gasteiger partial charge in [0.15, 0.2) is 5.65 Å². The van der Waals surface area contributed by atoms with E-state index in [1.54, 1.807) is 10.6 Å². The van der Waals surface area contributed by atoms with Gasteiger partial charge in [0, 0.05) is 17.2 Å². The monoisotopic (exact) mass is 320 g/mol. The fourth-order valence-corrected chi connectivity index (χ4v) is 2.09. The molecular formula is C13H10BrFN4. The van der Waals surface area contributed by atoms with Gasteiger partial charge in [-0.2, -0.15) is 4.98 Å². The quantitative estimate of drug-likeness (QED) is 0.805. The van der Waals surface area contributed by atoms with Crippen molar-refractivity contribution in [3.63, 3.8) is 0 Å². The lowest BCUT2D eigenvalue weighted by atomic mass is 10.2. The molecule has 0 saturated carbocycles. The summed E-state index contributed by atoms with van der Waals surface area (Å²) in [7, 11) is 0. The molecule has 3 aromatic rings. The van der Waals surface area contributed by atoms with E-state index in [1.807, 2.05) is 24.4 Å². The molecule has 0 aliphatic rings. The Labute approximate surface area is 117 Å². The van der Waals surface area contributed by atoms with E-state index >= 15 is 0 Å². The van der Waals surface area contributed by atoms with Crippen LogP contribution >= 0.6 is 15.9 Å². The molecule has 0 fully saturated rings. The van der Waals surface area contributed by atoms with Gasteiger partial charge in [-0.1, -0.05) is 12.1 Å². The van der Waals surface area contributed by atoms with Crippen molar-refractivity contribution in [2.24, 2.45) is 0 Å². The van der Waals surface area contributed by atoms with Crippen molar-refractivity contribution in [1.82, 2.24) is 14.6 Å². The third kappa shape index (κ3) is 2.73. The fraction of sp³-hybridized carbons (Fsp3) is 0.0769. The lowest BCUT2D eigenvalue weighted by molar-refractivity contribution is 0.626. The molecule has 0 unspecified atom stereocenters. The van der Waals surface area contributed by atoms with Gasteiger partial charge < -0.3 is 5.32 Å². The highest BCUT2D eigenvalue weighted by Crippen LogP contribution is 2.13. The van der Waals surface area contributed by atoms with E-state index in [9.17, 15) is 4.39 Å². The van der Waals surface area contributed by atoms with E-state index in [1.165, 1.54) is 12.1 Å². The van der Waals surface area contributed by atoms with Crippen molar-refractivity contribution < 1.29 is 4.39 Å². The Morgan fingerprint density at radius 3 is 3.00 bits per heavy atom. The van der Waals surface area contributed by atoms with Gasteiger partial charge in [-0.3, -0.25) is 0 Å². The van der Waals surface area contributed by atoms with Crippen molar-refractivity contribution in [2.75, 3.05) is 5.32 Å². The zero-order valence-corrected chi connectivity index (χ0v) is 11.4. The molecule has 2 heterocycles. The smallest absolute Gasteiger partial charge is 0.243 e. The summed E-state index contributed by atoms with van der Waals surface area (Å²) in [6.07, 6.45) is 1.83. The first-order valence-electron chi connectivity index (χ1n) is 5.71. The zero-order valence-electron chi connectivity index (χ0n) is 9.85. The predicted molar refractivity (Wildman–Crippen MR) is 74.4 cm³/mol. The second-order valence-electron chi connectivity index (χ2n) is 4.07. The average Bonchev–Trinajstić information content (AvgIpc) is 2.78. The van der Waals surface area contributed by atoms with Crippen LogP contribution in [0.3, 0.4) is 0 Å². The van der Waals surface area contributed by atoms with Crippen LogP contribution in [0, 0.1) is 5.82 Å². The summed E-state index contributed by atoms with van der Waals surface area (Å²) < 4.78 is 15.6. The SMILES string of the molecule is Fc1cccc(CNc2nc3ccc(Br)cn3n2)c1. The molecule has 0 radical (unpaired) electrons. The second-order valence-corrected chi connectivity index (χ2v) is 4.98. The van der Waals surface area contributed by atoms with E-state index in [-0.39, 0.29) is 5.82 Å². The van der Waals surface area contributed by atoms with Crippen LogP contribution in [0.4, 0.5) is 10.3 Å². The summed E-state index contributed by atoms with van der Waals surface area (Å²) in [6.45, 7) is 0.482. The molecule has 0 saturated heterocycles. The maximum atomic E-state index is 13.0. The van der Waals surface area contributed by atoms with Crippen LogP contribution in [0.2, 0.25) is 0 Å². The van der Waals surface area contributed by atoms with Gasteiger partial charge in [0.05, 0.1) is 0 Å². The van der Waals surface area contributed by atoms with Crippen molar-refractivity contribution in [3.05, 3.63) is 58.4 Å². The number of rotatable bonds is 3. The van der Waals surface area contributed by atoms with Crippen LogP contribution in [0.1, 0.15) is 5.56 Å². The first-order valence-corrected chi connectivity index (χ1v) is 6.50. The highest BCUT2D eigenvalue weighted by Gasteiger charge is 2.03. The Morgan fingerprint density at radius 1 is 1.26 bits per heavy atom. The van der Waals surface area contributed by atoms with Crippen LogP contribution in [0.15, 0.2) is 47.1 Å². The number of halogens is 2. The molecule has 0 bridgehead atoms. The molecule has 0 aliphatic carbocycles. The average molecular weight is 321 g/mol. The summed E-state index contributed by atoms with van der Waals surface area (Å²) in [5.74, 6) is 0.272. The second kappa shape index (κ2) is 4.97. The largest absolute Gasteiger partial charge is 0.349 e. The number of aromatic nitrogens is 3. The highest BCUT2D eigenvalue weighted by atomic mass is 79.9. The Kier molecular flexibility index (Phi) is 3.16. The molecule has 4 nitrogen and oxygen atoms in total. The van der Waals surface area contributed by atoms with Crippen LogP contribution < -0.4 is 5.32 Å². The lowest BCUT2D eigenvalue weighted by Gasteiger charge is -2.01. The lowest BCUT2D eigenvalue weighted by Crippen LogP contribution is -2.01. The molecule has 0 atom stereocenters. The standard InChI is InChI=1S/C13H10BrFN4/c14-10-4-5-12-17-13(18-19(12)8-10)16-7-9-2-1-3-11(15)6-9/h1-6,8H,7H2,(H,16,18). The number of nitrogens with one attached hydrogen (secondary N) is 1. The number of hydrogen-bond acceptors (Lipinski definition) is 3. The van der Waals surface area contributed by atoms with Crippen molar-refractivity contribution >= 4 is 27.5 Å². The fourth-order valence-electron chi connectivity index (χ4n) is 1.76. The van der Waals surface area contributed by atoms with Gasteiger partial charge in [-0.25, -0.2) is 8.91 Å². The molecule has 2 aromatic heterocycles. The molecule has 19 heavy (non-hydrogen) atoms. The Bertz CT molecular complexity index is 725. The minimum Gasteiger partial charge on any atom is -0.349 e. The minimum absolute atomic E-state index is 0.244. The van der Waals surface area contributed by atoms with E-state index in [4.69, 9.17) is 0 Å². The third-order valence-electron chi connectivity index (χ3n) is 2.63. The normalized spacial score (nSPS) is 10.8. The molecule has 0 aliphatic heterocycles. The Hall–Kier alpha value is -1.95. The van der Waals surface area contributed by atoms with Gasteiger partial charge in [-0.05, 0) is 45.8 Å². The third-order valence-corrected chi connectivity index (χ3v) is 3.10. The molecular weight excluding hydrogens is 311 g/mol. The number of hydrogen-bond donors (Lipinski definition) is 1. The van der Waals surface area contributed by atoms with Crippen LogP contribution in [-0.2, 0) is 6.54 Å². The number of benzene rings is 1. The summed E-state index contributed by atoms with van der Waals surface area (Å²) in [6, 6.07) is 10.2. The predicted octanol–water partition coefficient (Wildman–Crippen LogP) is 3.24. The molecule has 0 amide bonds. The molecule has 6 heteroatoms. The van der Waals surface area contributed by atoms with Gasteiger partial charge in [0.1, 0.15) is 5.82 Å². The van der Waals surface area contributed by atoms with Crippen LogP contribution in [-0.4, -0.2) is 14.6 Å². The van der Waals surface area contributed by atoms with Crippen LogP contribution in [0.5, 0.6) is 0 Å². The first kappa shape index (κ1) is 12.1. The number of fused-ring (bicyclic) bond motifs is 1. The summed E-state index contributed by atoms with van der Waals surface area (Å²) >= 11 is 3.37. The number of pyridine rings is 1. The van der Waals surface area contributed by atoms with Gasteiger partial charge in [0.25, 0.3) is 0 Å². The molecule has 96 valence electrons. The Balaban J connectivity index is 1.78. The van der Waals surface area contributed by atoms with Gasteiger partial charge in [0.2, 0.25) is 5.95 Å². The highest BCUT2D eigenvalue weighted by molar-refractivity contribution is 9.10. The Morgan fingerprint density at radius 2 is 2.16 bits per heavy atom. The summed E-state index contributed by atoms with van der Waals surface area (Å²) in [5, 5.41) is 7.35. The van der Waals surface area contributed by atoms with E-state index < -0.39 is 0 Å². The molecule has 1 aromatic carbocycles. The topological polar surface area (TPSA) is 42.2 Å². The summed E-state index contributed by atoms with van der Waals surface area (Å²) in [4.78, 5) is 4.32. The van der Waals surface area contributed by atoms with Crippen molar-refractivity contribution in [2.45, 2.75) is 6.54 Å². The van der Waals surface area contributed by atoms with Gasteiger partial charge >= 0.3 is 0 Å². The number of anilines is 1. The maximum absolute atomic E-state index is 13.0. The molecule has 1 N–H and O–H groups in total. The van der Waals surface area contributed by atoms with Gasteiger partial charge in [-0.15, -0.1) is 5.10 Å². The van der Waals surface area contributed by atoms with E-state index in [0.717, 1.165) is 15.7 Å².